The number of methoxy groups -OCH3 is 1. The largest absolute Gasteiger partial charge is 0.383 e. The average molecular weight is 327 g/mol. The van der Waals surface area contributed by atoms with E-state index in [0.717, 1.165) is 36.1 Å². The van der Waals surface area contributed by atoms with Crippen LogP contribution in [0, 0.1) is 5.82 Å². The third-order valence-corrected chi connectivity index (χ3v) is 3.90. The van der Waals surface area contributed by atoms with Crippen LogP contribution in [0.2, 0.25) is 0 Å². The van der Waals surface area contributed by atoms with Gasteiger partial charge in [0, 0.05) is 31.1 Å². The van der Waals surface area contributed by atoms with Gasteiger partial charge >= 0.3 is 0 Å². The van der Waals surface area contributed by atoms with Crippen LogP contribution in [0.3, 0.4) is 0 Å². The minimum atomic E-state index is -0.194. The lowest BCUT2D eigenvalue weighted by Crippen LogP contribution is -2.44. The Bertz CT molecular complexity index is 440. The van der Waals surface area contributed by atoms with Crippen molar-refractivity contribution in [3.05, 3.63) is 30.1 Å². The Balaban J connectivity index is 2.29. The molecule has 0 saturated heterocycles. The van der Waals surface area contributed by atoms with Crippen molar-refractivity contribution >= 4 is 17.7 Å². The number of hydrogen-bond acceptors (Lipinski definition) is 3. The summed E-state index contributed by atoms with van der Waals surface area (Å²) in [5.74, 6) is 1.58. The molecule has 6 heteroatoms. The Labute approximate surface area is 136 Å². The molecule has 1 aromatic carbocycles. The lowest BCUT2D eigenvalue weighted by Gasteiger charge is -2.16. The van der Waals surface area contributed by atoms with Crippen molar-refractivity contribution in [3.8, 4) is 0 Å². The first-order chi connectivity index (χ1) is 10.7. The number of aliphatic imine (C=N–C) groups is 1. The van der Waals surface area contributed by atoms with E-state index in [1.54, 1.807) is 31.0 Å². The monoisotopic (exact) mass is 327 g/mol. The predicted octanol–water partition coefficient (Wildman–Crippen LogP) is 2.90. The minimum Gasteiger partial charge on any atom is -0.383 e. The maximum absolute atomic E-state index is 12.8. The third-order valence-electron chi connectivity index (χ3n) is 2.80. The molecule has 4 nitrogen and oxygen atoms in total. The highest BCUT2D eigenvalue weighted by atomic mass is 32.2. The summed E-state index contributed by atoms with van der Waals surface area (Å²) in [6.45, 7) is 6.33. The van der Waals surface area contributed by atoms with E-state index < -0.39 is 0 Å². The van der Waals surface area contributed by atoms with E-state index in [4.69, 9.17) is 4.74 Å². The Kier molecular flexibility index (Phi) is 9.66. The molecule has 0 spiro atoms. The second-order valence-corrected chi connectivity index (χ2v) is 6.09. The fourth-order valence-corrected chi connectivity index (χ4v) is 2.66. The van der Waals surface area contributed by atoms with Gasteiger partial charge in [-0.3, -0.25) is 4.99 Å². The van der Waals surface area contributed by atoms with Crippen LogP contribution in [-0.4, -0.2) is 44.6 Å². The zero-order valence-electron chi connectivity index (χ0n) is 13.6. The summed E-state index contributed by atoms with van der Waals surface area (Å²) in [5, 5.41) is 6.52. The van der Waals surface area contributed by atoms with Crippen LogP contribution in [-0.2, 0) is 4.74 Å². The lowest BCUT2D eigenvalue weighted by atomic mass is 10.4. The molecule has 0 saturated carbocycles. The zero-order chi connectivity index (χ0) is 16.2. The van der Waals surface area contributed by atoms with Crippen LogP contribution >= 0.6 is 11.8 Å². The van der Waals surface area contributed by atoms with Crippen LogP contribution < -0.4 is 10.6 Å². The van der Waals surface area contributed by atoms with E-state index in [2.05, 4.69) is 22.5 Å². The quantitative estimate of drug-likeness (QED) is 0.317. The van der Waals surface area contributed by atoms with Gasteiger partial charge in [0.2, 0.25) is 0 Å². The number of benzene rings is 1. The number of thioether (sulfide) groups is 1. The molecule has 0 aromatic heterocycles. The van der Waals surface area contributed by atoms with Gasteiger partial charge in [-0.05, 0) is 50.3 Å². The van der Waals surface area contributed by atoms with Gasteiger partial charge in [0.1, 0.15) is 5.82 Å². The number of rotatable bonds is 9. The fraction of sp³-hybridized carbons (Fsp3) is 0.562. The lowest BCUT2D eigenvalue weighted by molar-refractivity contribution is 0.179. The van der Waals surface area contributed by atoms with Gasteiger partial charge in [0.25, 0.3) is 0 Å². The summed E-state index contributed by atoms with van der Waals surface area (Å²) >= 11 is 1.72. The minimum absolute atomic E-state index is 0.194. The van der Waals surface area contributed by atoms with E-state index in [-0.39, 0.29) is 11.9 Å². The van der Waals surface area contributed by atoms with E-state index in [9.17, 15) is 4.39 Å². The molecule has 1 rings (SSSR count). The van der Waals surface area contributed by atoms with Crippen molar-refractivity contribution in [2.75, 3.05) is 32.6 Å². The summed E-state index contributed by atoms with van der Waals surface area (Å²) in [6.07, 6.45) is 0.970. The molecule has 1 atom stereocenters. The molecule has 0 bridgehead atoms. The molecule has 0 heterocycles. The summed E-state index contributed by atoms with van der Waals surface area (Å²) in [5.41, 5.74) is 0. The first kappa shape index (κ1) is 18.8. The van der Waals surface area contributed by atoms with Gasteiger partial charge in [-0.1, -0.05) is 0 Å². The molecule has 0 aliphatic rings. The molecular weight excluding hydrogens is 301 g/mol. The Morgan fingerprint density at radius 1 is 1.36 bits per heavy atom. The van der Waals surface area contributed by atoms with Crippen molar-refractivity contribution in [2.24, 2.45) is 4.99 Å². The van der Waals surface area contributed by atoms with Crippen molar-refractivity contribution in [3.63, 3.8) is 0 Å². The SMILES string of the molecule is CCNC(=NCCCSc1ccc(F)cc1)NC(C)COC. The molecule has 22 heavy (non-hydrogen) atoms. The molecule has 0 aliphatic carbocycles. The Morgan fingerprint density at radius 3 is 2.73 bits per heavy atom. The van der Waals surface area contributed by atoms with Crippen LogP contribution in [0.25, 0.3) is 0 Å². The topological polar surface area (TPSA) is 45.7 Å². The van der Waals surface area contributed by atoms with Crippen molar-refractivity contribution in [2.45, 2.75) is 31.2 Å². The molecule has 124 valence electrons. The number of ether oxygens (including phenoxy) is 1. The first-order valence-electron chi connectivity index (χ1n) is 7.57. The van der Waals surface area contributed by atoms with Gasteiger partial charge in [0.05, 0.1) is 6.61 Å². The summed E-state index contributed by atoms with van der Waals surface area (Å²) in [6, 6.07) is 6.81. The Hall–Kier alpha value is -1.27. The molecular formula is C16H26FN3OS. The van der Waals surface area contributed by atoms with Crippen LogP contribution in [0.1, 0.15) is 20.3 Å². The van der Waals surface area contributed by atoms with Crippen molar-refractivity contribution in [1.82, 2.24) is 10.6 Å². The second kappa shape index (κ2) is 11.3. The fourth-order valence-electron chi connectivity index (χ4n) is 1.82. The van der Waals surface area contributed by atoms with Gasteiger partial charge in [-0.25, -0.2) is 4.39 Å². The first-order valence-corrected chi connectivity index (χ1v) is 8.56. The highest BCUT2D eigenvalue weighted by molar-refractivity contribution is 7.99. The summed E-state index contributed by atoms with van der Waals surface area (Å²) in [7, 11) is 1.69. The third kappa shape index (κ3) is 8.24. The van der Waals surface area contributed by atoms with Gasteiger partial charge in [-0.2, -0.15) is 0 Å². The van der Waals surface area contributed by atoms with E-state index in [1.165, 1.54) is 12.1 Å². The van der Waals surface area contributed by atoms with Crippen molar-refractivity contribution < 1.29 is 9.13 Å². The smallest absolute Gasteiger partial charge is 0.191 e. The zero-order valence-corrected chi connectivity index (χ0v) is 14.4. The van der Waals surface area contributed by atoms with Crippen molar-refractivity contribution in [1.29, 1.82) is 0 Å². The molecule has 1 aromatic rings. The van der Waals surface area contributed by atoms with Crippen LogP contribution in [0.15, 0.2) is 34.2 Å². The van der Waals surface area contributed by atoms with Gasteiger partial charge < -0.3 is 15.4 Å². The van der Waals surface area contributed by atoms with E-state index >= 15 is 0 Å². The number of nitrogens with zero attached hydrogens (tertiary/aromatic N) is 1. The van der Waals surface area contributed by atoms with E-state index in [0.29, 0.717) is 6.61 Å². The number of hydrogen-bond donors (Lipinski definition) is 2. The molecule has 0 radical (unpaired) electrons. The molecule has 2 N–H and O–H groups in total. The summed E-state index contributed by atoms with van der Waals surface area (Å²) in [4.78, 5) is 5.63. The maximum atomic E-state index is 12.8. The molecule has 0 fully saturated rings. The number of nitrogens with one attached hydrogen (secondary N) is 2. The normalized spacial score (nSPS) is 13.0. The van der Waals surface area contributed by atoms with Gasteiger partial charge in [0.15, 0.2) is 5.96 Å². The van der Waals surface area contributed by atoms with Gasteiger partial charge in [-0.15, -0.1) is 11.8 Å². The highest BCUT2D eigenvalue weighted by Crippen LogP contribution is 2.18. The summed E-state index contributed by atoms with van der Waals surface area (Å²) < 4.78 is 17.9. The second-order valence-electron chi connectivity index (χ2n) is 4.92. The average Bonchev–Trinajstić information content (AvgIpc) is 2.49. The standard InChI is InChI=1S/C16H26FN3OS/c1-4-18-16(20-13(2)12-21-3)19-10-5-11-22-15-8-6-14(17)7-9-15/h6-9,13H,4-5,10-12H2,1-3H3,(H2,18,19,20). The molecule has 1 unspecified atom stereocenters. The number of halogens is 1. The molecule has 0 aliphatic heterocycles. The van der Waals surface area contributed by atoms with E-state index in [1.807, 2.05) is 6.92 Å². The molecule has 0 amide bonds. The van der Waals surface area contributed by atoms with Crippen LogP contribution in [0.5, 0.6) is 0 Å². The van der Waals surface area contributed by atoms with Crippen LogP contribution in [0.4, 0.5) is 4.39 Å². The predicted molar refractivity (Wildman–Crippen MR) is 92.2 cm³/mol. The number of guanidine groups is 1. The highest BCUT2D eigenvalue weighted by Gasteiger charge is 2.03. The Morgan fingerprint density at radius 2 is 2.09 bits per heavy atom. The maximum Gasteiger partial charge on any atom is 0.191 e.